The molecule has 0 saturated carbocycles. The molecule has 0 saturated heterocycles. The Morgan fingerprint density at radius 1 is 1.15 bits per heavy atom. The molecule has 0 spiro atoms. The predicted octanol–water partition coefficient (Wildman–Crippen LogP) is 3.05. The molecule has 2 heterocycles. The quantitative estimate of drug-likeness (QED) is 0.675. The molecule has 1 aliphatic heterocycles. The van der Waals surface area contributed by atoms with Crippen molar-refractivity contribution in [3.63, 3.8) is 0 Å². The van der Waals surface area contributed by atoms with Gasteiger partial charge in [0.25, 0.3) is 0 Å². The molecule has 0 aliphatic carbocycles. The molecule has 1 aromatic heterocycles. The lowest BCUT2D eigenvalue weighted by molar-refractivity contribution is 0.420. The summed E-state index contributed by atoms with van der Waals surface area (Å²) in [5, 5.41) is 15.9. The van der Waals surface area contributed by atoms with E-state index in [0.717, 1.165) is 13.1 Å². The van der Waals surface area contributed by atoms with E-state index in [1.54, 1.807) is 0 Å². The first-order chi connectivity index (χ1) is 12.8. The van der Waals surface area contributed by atoms with Gasteiger partial charge in [0.1, 0.15) is 0 Å². The van der Waals surface area contributed by atoms with Crippen molar-refractivity contribution >= 4 is 0 Å². The first-order valence-electron chi connectivity index (χ1n) is 8.83. The molecule has 1 aliphatic rings. The first kappa shape index (κ1) is 16.5. The number of hydrogen-bond donors (Lipinski definition) is 2. The summed E-state index contributed by atoms with van der Waals surface area (Å²) in [6.45, 7) is 3.72. The maximum atomic E-state index is 8.86. The Hall–Kier alpha value is -2.94. The molecule has 2 unspecified atom stereocenters. The minimum Gasteiger partial charge on any atom is -0.322 e. The Kier molecular flexibility index (Phi) is 4.53. The van der Waals surface area contributed by atoms with Crippen molar-refractivity contribution in [2.45, 2.75) is 25.7 Å². The number of nitrogens with one attached hydrogen (secondary N) is 2. The maximum Gasteiger partial charge on any atom is 0.0991 e. The largest absolute Gasteiger partial charge is 0.322 e. The van der Waals surface area contributed by atoms with E-state index in [9.17, 15) is 0 Å². The topological polar surface area (TPSA) is 65.7 Å². The zero-order chi connectivity index (χ0) is 17.9. The van der Waals surface area contributed by atoms with E-state index in [1.165, 1.54) is 22.4 Å². The van der Waals surface area contributed by atoms with Gasteiger partial charge >= 0.3 is 0 Å². The fraction of sp³-hybridized carbons (Fsp3) is 0.238. The van der Waals surface area contributed by atoms with E-state index in [0.29, 0.717) is 5.56 Å². The van der Waals surface area contributed by atoms with Gasteiger partial charge in [-0.25, -0.2) is 4.98 Å². The van der Waals surface area contributed by atoms with Gasteiger partial charge in [0, 0.05) is 18.7 Å². The second-order valence-electron chi connectivity index (χ2n) is 6.61. The van der Waals surface area contributed by atoms with Gasteiger partial charge in [-0.15, -0.1) is 0 Å². The summed E-state index contributed by atoms with van der Waals surface area (Å²) in [5.41, 5.74) is 5.66. The third kappa shape index (κ3) is 3.13. The van der Waals surface area contributed by atoms with E-state index in [2.05, 4.69) is 57.4 Å². The minimum absolute atomic E-state index is 0.172. The fourth-order valence-corrected chi connectivity index (χ4v) is 3.47. The monoisotopic (exact) mass is 343 g/mol. The van der Waals surface area contributed by atoms with E-state index in [4.69, 9.17) is 5.26 Å². The van der Waals surface area contributed by atoms with Crippen molar-refractivity contribution in [3.8, 4) is 17.3 Å². The van der Waals surface area contributed by atoms with Crippen molar-refractivity contribution in [1.82, 2.24) is 20.2 Å². The molecule has 5 heteroatoms. The SMILES string of the molecule is CC(NCc1ccc(C#N)cc1)NCC1c2ccccc2-c2cncn21. The average Bonchev–Trinajstić information content (AvgIpc) is 3.26. The summed E-state index contributed by atoms with van der Waals surface area (Å²) >= 11 is 0. The molecule has 4 rings (SSSR count). The van der Waals surface area contributed by atoms with Crippen molar-refractivity contribution < 1.29 is 0 Å². The van der Waals surface area contributed by atoms with Crippen LogP contribution in [-0.4, -0.2) is 22.3 Å². The van der Waals surface area contributed by atoms with E-state index in [1.807, 2.05) is 36.8 Å². The zero-order valence-corrected chi connectivity index (χ0v) is 14.7. The molecule has 130 valence electrons. The third-order valence-corrected chi connectivity index (χ3v) is 4.91. The minimum atomic E-state index is 0.172. The van der Waals surface area contributed by atoms with Crippen molar-refractivity contribution in [2.24, 2.45) is 0 Å². The molecule has 0 radical (unpaired) electrons. The highest BCUT2D eigenvalue weighted by atomic mass is 15.2. The van der Waals surface area contributed by atoms with Gasteiger partial charge in [-0.2, -0.15) is 5.26 Å². The van der Waals surface area contributed by atoms with Gasteiger partial charge in [0.2, 0.25) is 0 Å². The van der Waals surface area contributed by atoms with Gasteiger partial charge in [-0.05, 0) is 30.2 Å². The number of fused-ring (bicyclic) bond motifs is 3. The summed E-state index contributed by atoms with van der Waals surface area (Å²) < 4.78 is 2.24. The van der Waals surface area contributed by atoms with Gasteiger partial charge in [-0.1, -0.05) is 36.4 Å². The highest BCUT2D eigenvalue weighted by Crippen LogP contribution is 2.38. The van der Waals surface area contributed by atoms with Gasteiger partial charge in [0.15, 0.2) is 0 Å². The molecule has 2 atom stereocenters. The molecule has 3 aromatic rings. The second-order valence-corrected chi connectivity index (χ2v) is 6.61. The Morgan fingerprint density at radius 3 is 2.77 bits per heavy atom. The van der Waals surface area contributed by atoms with E-state index in [-0.39, 0.29) is 12.2 Å². The lowest BCUT2D eigenvalue weighted by Gasteiger charge is -2.21. The number of benzene rings is 2. The molecule has 5 nitrogen and oxygen atoms in total. The van der Waals surface area contributed by atoms with Crippen LogP contribution in [0.4, 0.5) is 0 Å². The molecule has 0 bridgehead atoms. The van der Waals surface area contributed by atoms with E-state index < -0.39 is 0 Å². The van der Waals surface area contributed by atoms with Crippen molar-refractivity contribution in [2.75, 3.05) is 6.54 Å². The highest BCUT2D eigenvalue weighted by Gasteiger charge is 2.27. The van der Waals surface area contributed by atoms with Crippen LogP contribution in [0.15, 0.2) is 61.1 Å². The standard InChI is InChI=1S/C21H21N5/c1-15(24-11-17-8-6-16(10-22)7-9-17)25-13-21-19-5-3-2-4-18(19)20-12-23-14-26(20)21/h2-9,12,14-15,21,24-25H,11,13H2,1H3. The van der Waals surface area contributed by atoms with Crippen LogP contribution in [0.2, 0.25) is 0 Å². The van der Waals surface area contributed by atoms with Crippen LogP contribution in [0.25, 0.3) is 11.3 Å². The van der Waals surface area contributed by atoms with Crippen molar-refractivity contribution in [3.05, 3.63) is 77.7 Å². The molecular weight excluding hydrogens is 322 g/mol. The van der Waals surface area contributed by atoms with Gasteiger partial charge in [0.05, 0.1) is 42.1 Å². The van der Waals surface area contributed by atoms with Crippen LogP contribution in [0.5, 0.6) is 0 Å². The second kappa shape index (κ2) is 7.12. The highest BCUT2D eigenvalue weighted by molar-refractivity contribution is 5.69. The van der Waals surface area contributed by atoms with Gasteiger partial charge < -0.3 is 4.57 Å². The Morgan fingerprint density at radius 2 is 1.96 bits per heavy atom. The Bertz CT molecular complexity index is 936. The smallest absolute Gasteiger partial charge is 0.0991 e. The summed E-state index contributed by atoms with van der Waals surface area (Å²) in [7, 11) is 0. The molecule has 0 fully saturated rings. The predicted molar refractivity (Wildman–Crippen MR) is 101 cm³/mol. The van der Waals surface area contributed by atoms with Crippen LogP contribution in [0, 0.1) is 11.3 Å². The molecule has 2 N–H and O–H groups in total. The first-order valence-corrected chi connectivity index (χ1v) is 8.83. The van der Waals surface area contributed by atoms with Crippen LogP contribution >= 0.6 is 0 Å². The number of imidazole rings is 1. The summed E-state index contributed by atoms with van der Waals surface area (Å²) in [4.78, 5) is 4.31. The number of rotatable bonds is 6. The van der Waals surface area contributed by atoms with Crippen LogP contribution < -0.4 is 10.6 Å². The molecule has 0 amide bonds. The van der Waals surface area contributed by atoms with Crippen LogP contribution in [-0.2, 0) is 6.54 Å². The number of nitriles is 1. The van der Waals surface area contributed by atoms with E-state index >= 15 is 0 Å². The number of nitrogens with zero attached hydrogens (tertiary/aromatic N) is 3. The lowest BCUT2D eigenvalue weighted by atomic mass is 10.0. The normalized spacial score (nSPS) is 15.9. The third-order valence-electron chi connectivity index (χ3n) is 4.91. The Labute approximate surface area is 153 Å². The zero-order valence-electron chi connectivity index (χ0n) is 14.7. The number of hydrogen-bond acceptors (Lipinski definition) is 4. The lowest BCUT2D eigenvalue weighted by Crippen LogP contribution is -2.41. The molecule has 2 aromatic carbocycles. The summed E-state index contributed by atoms with van der Waals surface area (Å²) in [6, 6.07) is 18.6. The van der Waals surface area contributed by atoms with Crippen molar-refractivity contribution in [1.29, 1.82) is 5.26 Å². The maximum absolute atomic E-state index is 8.86. The molecule has 26 heavy (non-hydrogen) atoms. The molecular formula is C21H21N5. The van der Waals surface area contributed by atoms with Crippen LogP contribution in [0.3, 0.4) is 0 Å². The number of aromatic nitrogens is 2. The van der Waals surface area contributed by atoms with Crippen LogP contribution in [0.1, 0.15) is 29.7 Å². The Balaban J connectivity index is 1.36. The van der Waals surface area contributed by atoms with Gasteiger partial charge in [-0.3, -0.25) is 10.6 Å². The average molecular weight is 343 g/mol. The fourth-order valence-electron chi connectivity index (χ4n) is 3.47. The summed E-state index contributed by atoms with van der Waals surface area (Å²) in [6.07, 6.45) is 4.02. The summed E-state index contributed by atoms with van der Waals surface area (Å²) in [5.74, 6) is 0.